The average molecular weight is 333 g/mol. The zero-order chi connectivity index (χ0) is 18.4. The number of carbonyl (C=O) groups is 2. The van der Waals surface area contributed by atoms with E-state index in [2.05, 4.69) is 5.32 Å². The molecule has 1 aromatic rings. The lowest BCUT2D eigenvalue weighted by molar-refractivity contribution is 0.00692. The Bertz CT molecular complexity index is 589. The molecule has 0 aromatic heterocycles. The molecule has 0 radical (unpaired) electrons. The summed E-state index contributed by atoms with van der Waals surface area (Å²) in [6, 6.07) is 7.08. The van der Waals surface area contributed by atoms with Gasteiger partial charge in [0.2, 0.25) is 0 Å². The van der Waals surface area contributed by atoms with Crippen LogP contribution in [0, 0.1) is 0 Å². The molecule has 0 unspecified atom stereocenters. The summed E-state index contributed by atoms with van der Waals surface area (Å²) in [6.45, 7) is 11.3. The van der Waals surface area contributed by atoms with Crippen LogP contribution < -0.4 is 5.32 Å². The third-order valence-corrected chi connectivity index (χ3v) is 2.62. The van der Waals surface area contributed by atoms with Gasteiger partial charge in [-0.1, -0.05) is 24.3 Å². The molecule has 1 rings (SSSR count). The Labute approximate surface area is 144 Å². The second kappa shape index (κ2) is 7.99. The second-order valence-electron chi connectivity index (χ2n) is 7.41. The molecule has 5 heteroatoms. The molecule has 5 nitrogen and oxygen atoms in total. The van der Waals surface area contributed by atoms with Gasteiger partial charge in [0.1, 0.15) is 11.2 Å². The van der Waals surface area contributed by atoms with Crippen molar-refractivity contribution in [1.29, 1.82) is 0 Å². The number of nitrogens with one attached hydrogen (secondary N) is 1. The minimum absolute atomic E-state index is 0.343. The van der Waals surface area contributed by atoms with Crippen LogP contribution in [0.15, 0.2) is 30.3 Å². The van der Waals surface area contributed by atoms with Crippen molar-refractivity contribution in [1.82, 2.24) is 5.32 Å². The fraction of sp³-hybridized carbons (Fsp3) is 0.474. The van der Waals surface area contributed by atoms with Crippen LogP contribution in [0.4, 0.5) is 4.79 Å². The van der Waals surface area contributed by atoms with Crippen molar-refractivity contribution in [3.63, 3.8) is 0 Å². The molecule has 1 amide bonds. The van der Waals surface area contributed by atoms with Crippen molar-refractivity contribution in [3.8, 4) is 0 Å². The summed E-state index contributed by atoms with van der Waals surface area (Å²) in [6.07, 6.45) is 3.22. The molecule has 0 aliphatic heterocycles. The van der Waals surface area contributed by atoms with Gasteiger partial charge in [0.05, 0.1) is 5.56 Å². The van der Waals surface area contributed by atoms with Gasteiger partial charge < -0.3 is 14.8 Å². The molecule has 0 atom stereocenters. The maximum atomic E-state index is 11.9. The van der Waals surface area contributed by atoms with E-state index in [1.165, 1.54) is 0 Å². The topological polar surface area (TPSA) is 64.6 Å². The van der Waals surface area contributed by atoms with Gasteiger partial charge in [0.25, 0.3) is 0 Å². The van der Waals surface area contributed by atoms with Gasteiger partial charge in [0.15, 0.2) is 0 Å². The van der Waals surface area contributed by atoms with E-state index < -0.39 is 17.3 Å². The van der Waals surface area contributed by atoms with E-state index in [9.17, 15) is 9.59 Å². The van der Waals surface area contributed by atoms with E-state index in [1.54, 1.807) is 12.1 Å². The molecule has 0 fully saturated rings. The minimum Gasteiger partial charge on any atom is -0.456 e. The highest BCUT2D eigenvalue weighted by Gasteiger charge is 2.17. The lowest BCUT2D eigenvalue weighted by Crippen LogP contribution is -2.32. The SMILES string of the molecule is CC(C)(C)OC(=O)NCC=Cc1ccc(C(=O)OC(C)(C)C)cc1. The summed E-state index contributed by atoms with van der Waals surface area (Å²) in [5.41, 5.74) is 0.413. The van der Waals surface area contributed by atoms with Crippen LogP contribution in [-0.4, -0.2) is 29.8 Å². The third kappa shape index (κ3) is 8.36. The maximum absolute atomic E-state index is 11.9. The number of hydrogen-bond donors (Lipinski definition) is 1. The number of rotatable bonds is 4. The van der Waals surface area contributed by atoms with Crippen molar-refractivity contribution in [2.75, 3.05) is 6.54 Å². The van der Waals surface area contributed by atoms with Gasteiger partial charge in [-0.15, -0.1) is 0 Å². The molecule has 1 N–H and O–H groups in total. The smallest absolute Gasteiger partial charge is 0.407 e. The fourth-order valence-corrected chi connectivity index (χ4v) is 1.72. The molecular weight excluding hydrogens is 306 g/mol. The van der Waals surface area contributed by atoms with Crippen LogP contribution in [0.5, 0.6) is 0 Å². The molecular formula is C19H27NO4. The Morgan fingerprint density at radius 2 is 1.50 bits per heavy atom. The van der Waals surface area contributed by atoms with E-state index in [0.717, 1.165) is 5.56 Å². The van der Waals surface area contributed by atoms with Gasteiger partial charge in [-0.25, -0.2) is 9.59 Å². The van der Waals surface area contributed by atoms with E-state index >= 15 is 0 Å². The van der Waals surface area contributed by atoms with E-state index in [0.29, 0.717) is 12.1 Å². The van der Waals surface area contributed by atoms with Crippen molar-refractivity contribution in [2.45, 2.75) is 52.7 Å². The number of carbonyl (C=O) groups excluding carboxylic acids is 2. The quantitative estimate of drug-likeness (QED) is 0.840. The number of benzene rings is 1. The van der Waals surface area contributed by atoms with Crippen LogP contribution >= 0.6 is 0 Å². The fourth-order valence-electron chi connectivity index (χ4n) is 1.72. The van der Waals surface area contributed by atoms with Crippen LogP contribution in [0.3, 0.4) is 0 Å². The summed E-state index contributed by atoms with van der Waals surface area (Å²) in [5.74, 6) is -0.343. The van der Waals surface area contributed by atoms with Gasteiger partial charge in [-0.2, -0.15) is 0 Å². The van der Waals surface area contributed by atoms with E-state index in [1.807, 2.05) is 65.8 Å². The zero-order valence-electron chi connectivity index (χ0n) is 15.3. The van der Waals surface area contributed by atoms with Gasteiger partial charge in [-0.3, -0.25) is 0 Å². The molecule has 0 spiro atoms. The number of esters is 1. The van der Waals surface area contributed by atoms with E-state index in [-0.39, 0.29) is 5.97 Å². The van der Waals surface area contributed by atoms with Gasteiger partial charge in [0, 0.05) is 6.54 Å². The Kier molecular flexibility index (Phi) is 6.58. The lowest BCUT2D eigenvalue weighted by Gasteiger charge is -2.19. The van der Waals surface area contributed by atoms with Gasteiger partial charge >= 0.3 is 12.1 Å². The Balaban J connectivity index is 2.50. The molecule has 0 bridgehead atoms. The Morgan fingerprint density at radius 1 is 0.958 bits per heavy atom. The third-order valence-electron chi connectivity index (χ3n) is 2.62. The first kappa shape index (κ1) is 19.7. The largest absolute Gasteiger partial charge is 0.456 e. The zero-order valence-corrected chi connectivity index (χ0v) is 15.3. The van der Waals surface area contributed by atoms with Crippen LogP contribution in [0.2, 0.25) is 0 Å². The summed E-state index contributed by atoms with van der Waals surface area (Å²) in [4.78, 5) is 23.4. The van der Waals surface area contributed by atoms with Crippen molar-refractivity contribution in [3.05, 3.63) is 41.5 Å². The molecule has 24 heavy (non-hydrogen) atoms. The monoisotopic (exact) mass is 333 g/mol. The predicted molar refractivity (Wildman–Crippen MR) is 94.9 cm³/mol. The standard InChI is InChI=1S/C19H27NO4/c1-18(2,3)23-16(21)15-11-9-14(10-12-15)8-7-13-20-17(22)24-19(4,5)6/h7-12H,13H2,1-6H3,(H,20,22). The number of ether oxygens (including phenoxy) is 2. The molecule has 0 aliphatic rings. The first-order chi connectivity index (χ1) is 11.0. The molecule has 0 saturated heterocycles. The first-order valence-electron chi connectivity index (χ1n) is 7.93. The average Bonchev–Trinajstić information content (AvgIpc) is 2.40. The lowest BCUT2D eigenvalue weighted by atomic mass is 10.1. The molecule has 1 aromatic carbocycles. The summed E-state index contributed by atoms with van der Waals surface area (Å²) >= 11 is 0. The number of alkyl carbamates (subject to hydrolysis) is 1. The highest BCUT2D eigenvalue weighted by atomic mass is 16.6. The molecule has 0 heterocycles. The minimum atomic E-state index is -0.511. The van der Waals surface area contributed by atoms with E-state index in [4.69, 9.17) is 9.47 Å². The second-order valence-corrected chi connectivity index (χ2v) is 7.41. The summed E-state index contributed by atoms with van der Waals surface area (Å²) in [5, 5.41) is 2.64. The molecule has 132 valence electrons. The Hall–Kier alpha value is -2.30. The predicted octanol–water partition coefficient (Wildman–Crippen LogP) is 4.18. The van der Waals surface area contributed by atoms with Crippen molar-refractivity contribution in [2.24, 2.45) is 0 Å². The van der Waals surface area contributed by atoms with Crippen molar-refractivity contribution >= 4 is 18.1 Å². The number of hydrogen-bond acceptors (Lipinski definition) is 4. The van der Waals surface area contributed by atoms with Crippen LogP contribution in [0.1, 0.15) is 57.5 Å². The van der Waals surface area contributed by atoms with Crippen molar-refractivity contribution < 1.29 is 19.1 Å². The molecule has 0 aliphatic carbocycles. The normalized spacial score (nSPS) is 12.1. The maximum Gasteiger partial charge on any atom is 0.407 e. The highest BCUT2D eigenvalue weighted by molar-refractivity contribution is 5.89. The first-order valence-corrected chi connectivity index (χ1v) is 7.93. The molecule has 0 saturated carbocycles. The van der Waals surface area contributed by atoms with Crippen LogP contribution in [0.25, 0.3) is 6.08 Å². The highest BCUT2D eigenvalue weighted by Crippen LogP contribution is 2.13. The summed E-state index contributed by atoms with van der Waals surface area (Å²) < 4.78 is 10.4. The summed E-state index contributed by atoms with van der Waals surface area (Å²) in [7, 11) is 0. The number of amides is 1. The Morgan fingerprint density at radius 3 is 2.00 bits per heavy atom. The van der Waals surface area contributed by atoms with Gasteiger partial charge in [-0.05, 0) is 59.2 Å². The van der Waals surface area contributed by atoms with Crippen LogP contribution in [-0.2, 0) is 9.47 Å².